The molecule has 1 saturated heterocycles. The number of likely N-dealkylation sites (tertiary alicyclic amines) is 1. The molecule has 7 heteroatoms. The van der Waals surface area contributed by atoms with Crippen molar-refractivity contribution in [3.8, 4) is 0 Å². The molecule has 1 fully saturated rings. The molecule has 2 aromatic rings. The number of hydrogen-bond donors (Lipinski definition) is 1. The normalized spacial score (nSPS) is 18.0. The third-order valence-electron chi connectivity index (χ3n) is 5.75. The lowest BCUT2D eigenvalue weighted by Gasteiger charge is -2.27. The smallest absolute Gasteiger partial charge is 0.252 e. The van der Waals surface area contributed by atoms with Crippen LogP contribution < -0.4 is 5.32 Å². The van der Waals surface area contributed by atoms with Gasteiger partial charge in [-0.15, -0.1) is 11.3 Å². The summed E-state index contributed by atoms with van der Waals surface area (Å²) < 4.78 is 5.29. The fourth-order valence-electron chi connectivity index (χ4n) is 4.09. The van der Waals surface area contributed by atoms with Gasteiger partial charge in [0, 0.05) is 48.5 Å². The van der Waals surface area contributed by atoms with Crippen LogP contribution in [0.2, 0.25) is 0 Å². The first-order valence-corrected chi connectivity index (χ1v) is 10.7. The maximum absolute atomic E-state index is 12.6. The maximum atomic E-state index is 12.6. The second kappa shape index (κ2) is 8.12. The minimum Gasteiger partial charge on any atom is -0.361 e. The van der Waals surface area contributed by atoms with Crippen LogP contribution in [0.25, 0.3) is 0 Å². The monoisotopic (exact) mass is 388 g/mol. The molecule has 146 valence electrons. The van der Waals surface area contributed by atoms with E-state index in [0.29, 0.717) is 0 Å². The molecule has 0 unspecified atom stereocenters. The van der Waals surface area contributed by atoms with E-state index in [1.807, 2.05) is 19.2 Å². The van der Waals surface area contributed by atoms with Gasteiger partial charge < -0.3 is 14.7 Å². The lowest BCUT2D eigenvalue weighted by atomic mass is 10.0. The van der Waals surface area contributed by atoms with Crippen LogP contribution in [-0.2, 0) is 19.5 Å². The number of nitrogens with one attached hydrogen (secondary N) is 1. The number of rotatable bonds is 6. The standard InChI is InChI=1S/C20H28N4O2S/c1-14-17(15(2)26-22-14)11-24-9-5-16-18(13-27-19(16)12-24)20(25)21-6-10-23-7-3-4-8-23/h13H,3-12H2,1-2H3,(H,21,25). The number of carbonyl (C=O) groups excluding carboxylic acids is 1. The highest BCUT2D eigenvalue weighted by molar-refractivity contribution is 7.10. The lowest BCUT2D eigenvalue weighted by Crippen LogP contribution is -2.34. The Labute approximate surface area is 164 Å². The Balaban J connectivity index is 1.34. The van der Waals surface area contributed by atoms with Gasteiger partial charge in [0.1, 0.15) is 5.76 Å². The molecule has 1 N–H and O–H groups in total. The van der Waals surface area contributed by atoms with Crippen LogP contribution in [0.1, 0.15) is 50.7 Å². The van der Waals surface area contributed by atoms with Crippen molar-refractivity contribution in [1.29, 1.82) is 0 Å². The van der Waals surface area contributed by atoms with Gasteiger partial charge in [-0.1, -0.05) is 5.16 Å². The maximum Gasteiger partial charge on any atom is 0.252 e. The summed E-state index contributed by atoms with van der Waals surface area (Å²) in [7, 11) is 0. The fraction of sp³-hybridized carbons (Fsp3) is 0.600. The van der Waals surface area contributed by atoms with E-state index in [9.17, 15) is 4.79 Å². The number of aryl methyl sites for hydroxylation is 2. The zero-order valence-corrected chi connectivity index (χ0v) is 17.0. The van der Waals surface area contributed by atoms with Gasteiger partial charge in [0.15, 0.2) is 0 Å². The van der Waals surface area contributed by atoms with Gasteiger partial charge in [0.2, 0.25) is 0 Å². The Bertz CT molecular complexity index is 788. The van der Waals surface area contributed by atoms with Crippen molar-refractivity contribution in [2.45, 2.75) is 46.2 Å². The van der Waals surface area contributed by atoms with E-state index in [2.05, 4.69) is 20.3 Å². The van der Waals surface area contributed by atoms with E-state index in [1.54, 1.807) is 11.3 Å². The summed E-state index contributed by atoms with van der Waals surface area (Å²) in [6.45, 7) is 10.7. The van der Waals surface area contributed by atoms with E-state index >= 15 is 0 Å². The van der Waals surface area contributed by atoms with E-state index in [0.717, 1.165) is 56.2 Å². The van der Waals surface area contributed by atoms with Crippen molar-refractivity contribution < 1.29 is 9.32 Å². The molecule has 0 radical (unpaired) electrons. The zero-order valence-electron chi connectivity index (χ0n) is 16.2. The molecule has 0 aromatic carbocycles. The summed E-state index contributed by atoms with van der Waals surface area (Å²) in [5.74, 6) is 0.994. The van der Waals surface area contributed by atoms with Crippen LogP contribution in [0.3, 0.4) is 0 Å². The summed E-state index contributed by atoms with van der Waals surface area (Å²) in [4.78, 5) is 18.8. The fourth-order valence-corrected chi connectivity index (χ4v) is 5.21. The van der Waals surface area contributed by atoms with Gasteiger partial charge in [-0.25, -0.2) is 0 Å². The number of nitrogens with zero attached hydrogens (tertiary/aromatic N) is 3. The third-order valence-corrected chi connectivity index (χ3v) is 6.76. The Morgan fingerprint density at radius 2 is 2.07 bits per heavy atom. The van der Waals surface area contributed by atoms with E-state index < -0.39 is 0 Å². The summed E-state index contributed by atoms with van der Waals surface area (Å²) in [6, 6.07) is 0. The van der Waals surface area contributed by atoms with Crippen molar-refractivity contribution in [1.82, 2.24) is 20.3 Å². The molecule has 27 heavy (non-hydrogen) atoms. The van der Waals surface area contributed by atoms with Crippen molar-refractivity contribution in [3.63, 3.8) is 0 Å². The van der Waals surface area contributed by atoms with Crippen LogP contribution in [0.5, 0.6) is 0 Å². The van der Waals surface area contributed by atoms with Crippen molar-refractivity contribution in [2.75, 3.05) is 32.7 Å². The van der Waals surface area contributed by atoms with Crippen LogP contribution in [-0.4, -0.2) is 53.6 Å². The zero-order chi connectivity index (χ0) is 18.8. The highest BCUT2D eigenvalue weighted by atomic mass is 32.1. The average molecular weight is 389 g/mol. The Hall–Kier alpha value is -1.70. The molecule has 4 rings (SSSR count). The molecule has 0 aliphatic carbocycles. The second-order valence-electron chi connectivity index (χ2n) is 7.62. The van der Waals surface area contributed by atoms with Crippen LogP contribution >= 0.6 is 11.3 Å². The summed E-state index contributed by atoms with van der Waals surface area (Å²) >= 11 is 1.71. The van der Waals surface area contributed by atoms with Gasteiger partial charge in [-0.3, -0.25) is 9.69 Å². The molecule has 2 aliphatic heterocycles. The molecular formula is C20H28N4O2S. The predicted molar refractivity (Wildman–Crippen MR) is 106 cm³/mol. The number of carbonyl (C=O) groups is 1. The minimum absolute atomic E-state index is 0.0888. The van der Waals surface area contributed by atoms with E-state index in [1.165, 1.54) is 41.9 Å². The molecule has 0 bridgehead atoms. The summed E-state index contributed by atoms with van der Waals surface area (Å²) in [5, 5.41) is 9.21. The highest BCUT2D eigenvalue weighted by Crippen LogP contribution is 2.30. The number of aromatic nitrogens is 1. The second-order valence-corrected chi connectivity index (χ2v) is 8.58. The van der Waals surface area contributed by atoms with Gasteiger partial charge >= 0.3 is 0 Å². The molecule has 1 amide bonds. The molecule has 0 saturated carbocycles. The van der Waals surface area contributed by atoms with E-state index in [4.69, 9.17) is 4.52 Å². The van der Waals surface area contributed by atoms with Gasteiger partial charge in [0.05, 0.1) is 11.3 Å². The number of amides is 1. The molecule has 6 nitrogen and oxygen atoms in total. The molecule has 0 atom stereocenters. The van der Waals surface area contributed by atoms with Crippen molar-refractivity contribution >= 4 is 17.2 Å². The Morgan fingerprint density at radius 1 is 1.26 bits per heavy atom. The van der Waals surface area contributed by atoms with Crippen LogP contribution in [0.4, 0.5) is 0 Å². The molecule has 2 aliphatic rings. The number of hydrogen-bond acceptors (Lipinski definition) is 6. The molecular weight excluding hydrogens is 360 g/mol. The predicted octanol–water partition coefficient (Wildman–Crippen LogP) is 2.74. The Morgan fingerprint density at radius 3 is 2.81 bits per heavy atom. The third kappa shape index (κ3) is 4.10. The summed E-state index contributed by atoms with van der Waals surface area (Å²) in [6.07, 6.45) is 3.50. The van der Waals surface area contributed by atoms with Crippen LogP contribution in [0, 0.1) is 13.8 Å². The quantitative estimate of drug-likeness (QED) is 0.824. The topological polar surface area (TPSA) is 61.6 Å². The highest BCUT2D eigenvalue weighted by Gasteiger charge is 2.25. The average Bonchev–Trinajstić information content (AvgIpc) is 3.38. The largest absolute Gasteiger partial charge is 0.361 e. The van der Waals surface area contributed by atoms with Gasteiger partial charge in [-0.05, 0) is 51.8 Å². The SMILES string of the molecule is Cc1noc(C)c1CN1CCc2c(C(=O)NCCN3CCCC3)csc2C1. The summed E-state index contributed by atoms with van der Waals surface area (Å²) in [5.41, 5.74) is 4.29. The number of thiophene rings is 1. The lowest BCUT2D eigenvalue weighted by molar-refractivity contribution is 0.0948. The first kappa shape index (κ1) is 18.7. The van der Waals surface area contributed by atoms with Crippen LogP contribution in [0.15, 0.2) is 9.90 Å². The van der Waals surface area contributed by atoms with E-state index in [-0.39, 0.29) is 5.91 Å². The van der Waals surface area contributed by atoms with Gasteiger partial charge in [-0.2, -0.15) is 0 Å². The molecule has 0 spiro atoms. The van der Waals surface area contributed by atoms with Crippen molar-refractivity contribution in [2.24, 2.45) is 0 Å². The molecule has 4 heterocycles. The van der Waals surface area contributed by atoms with Gasteiger partial charge in [0.25, 0.3) is 5.91 Å². The first-order chi connectivity index (χ1) is 13.1. The minimum atomic E-state index is 0.0888. The number of fused-ring (bicyclic) bond motifs is 1. The Kier molecular flexibility index (Phi) is 5.61. The van der Waals surface area contributed by atoms with Crippen molar-refractivity contribution in [3.05, 3.63) is 38.4 Å². The molecule has 2 aromatic heterocycles. The first-order valence-electron chi connectivity index (χ1n) is 9.85.